The second-order valence-electron chi connectivity index (χ2n) is 6.50. The van der Waals surface area contributed by atoms with E-state index in [2.05, 4.69) is 51.2 Å². The van der Waals surface area contributed by atoms with E-state index in [1.807, 2.05) is 20.8 Å². The van der Waals surface area contributed by atoms with Crippen LogP contribution in [-0.2, 0) is 4.74 Å². The van der Waals surface area contributed by atoms with Crippen LogP contribution in [0.2, 0.25) is 0 Å². The van der Waals surface area contributed by atoms with Gasteiger partial charge in [-0.3, -0.25) is 0 Å². The van der Waals surface area contributed by atoms with Crippen molar-refractivity contribution in [1.29, 1.82) is 0 Å². The fraction of sp³-hybridized carbons (Fsp3) is 0.682. The zero-order valence-electron chi connectivity index (χ0n) is 17.9. The number of allylic oxidation sites excluding steroid dienone is 6. The molecular weight excluding hydrogens is 310 g/mol. The highest BCUT2D eigenvalue weighted by Crippen LogP contribution is 2.13. The molecule has 0 aliphatic heterocycles. The minimum absolute atomic E-state index is 0.0452. The molecule has 0 aromatic rings. The van der Waals surface area contributed by atoms with Gasteiger partial charge in [-0.2, -0.15) is 0 Å². The van der Waals surface area contributed by atoms with Crippen molar-refractivity contribution in [2.75, 3.05) is 7.05 Å². The Morgan fingerprint density at radius 1 is 0.920 bits per heavy atom. The molecule has 0 aromatic carbocycles. The SMILES string of the molecule is CC.CNC(=O)OC(C)CC/C=C(\C)CC/C=C(\C)CCC=C(C)C. The first-order chi connectivity index (χ1) is 11.8. The summed E-state index contributed by atoms with van der Waals surface area (Å²) in [6.07, 6.45) is 12.8. The summed E-state index contributed by atoms with van der Waals surface area (Å²) in [5.74, 6) is 0. The number of nitrogens with one attached hydrogen (secondary N) is 1. The van der Waals surface area contributed by atoms with Crippen LogP contribution >= 0.6 is 0 Å². The number of ether oxygens (including phenoxy) is 1. The maximum absolute atomic E-state index is 11.1. The minimum atomic E-state index is -0.355. The van der Waals surface area contributed by atoms with Gasteiger partial charge in [0.15, 0.2) is 0 Å². The molecule has 1 N–H and O–H groups in total. The van der Waals surface area contributed by atoms with E-state index < -0.39 is 0 Å². The quantitative estimate of drug-likeness (QED) is 0.432. The van der Waals surface area contributed by atoms with Gasteiger partial charge in [-0.1, -0.05) is 48.8 Å². The monoisotopic (exact) mass is 351 g/mol. The standard InChI is InChI=1S/C20H35NO2.C2H6/c1-16(2)10-7-11-17(3)12-8-13-18(4)14-9-15-19(5)23-20(22)21-6;1-2/h10,12,14,19H,7-9,11,13,15H2,1-6H3,(H,21,22);1-2H3/b17-12+,18-14+;. The molecule has 3 heteroatoms. The van der Waals surface area contributed by atoms with E-state index >= 15 is 0 Å². The Balaban J connectivity index is 0. The van der Waals surface area contributed by atoms with Gasteiger partial charge in [0.05, 0.1) is 0 Å². The zero-order valence-corrected chi connectivity index (χ0v) is 17.9. The average Bonchev–Trinajstić information content (AvgIpc) is 2.56. The molecule has 1 atom stereocenters. The Hall–Kier alpha value is -1.51. The van der Waals surface area contributed by atoms with Crippen molar-refractivity contribution in [1.82, 2.24) is 5.32 Å². The molecule has 0 radical (unpaired) electrons. The van der Waals surface area contributed by atoms with E-state index in [-0.39, 0.29) is 12.2 Å². The molecule has 0 heterocycles. The molecule has 1 amide bonds. The van der Waals surface area contributed by atoms with Crippen molar-refractivity contribution >= 4 is 6.09 Å². The predicted molar refractivity (Wildman–Crippen MR) is 111 cm³/mol. The summed E-state index contributed by atoms with van der Waals surface area (Å²) < 4.78 is 5.15. The van der Waals surface area contributed by atoms with Crippen molar-refractivity contribution in [2.24, 2.45) is 0 Å². The predicted octanol–water partition coefficient (Wildman–Crippen LogP) is 6.96. The van der Waals surface area contributed by atoms with Crippen molar-refractivity contribution in [2.45, 2.75) is 93.1 Å². The number of amides is 1. The third-order valence-corrected chi connectivity index (χ3v) is 3.70. The van der Waals surface area contributed by atoms with E-state index in [0.717, 1.165) is 38.5 Å². The molecule has 0 fully saturated rings. The van der Waals surface area contributed by atoms with Crippen LogP contribution in [0.25, 0.3) is 0 Å². The molecule has 25 heavy (non-hydrogen) atoms. The van der Waals surface area contributed by atoms with Gasteiger partial charge in [0.2, 0.25) is 0 Å². The number of rotatable bonds is 10. The van der Waals surface area contributed by atoms with Gasteiger partial charge in [-0.05, 0) is 73.1 Å². The molecule has 0 saturated carbocycles. The largest absolute Gasteiger partial charge is 0.447 e. The first-order valence-electron chi connectivity index (χ1n) is 9.68. The van der Waals surface area contributed by atoms with Crippen molar-refractivity contribution in [3.05, 3.63) is 34.9 Å². The van der Waals surface area contributed by atoms with Crippen LogP contribution in [0.3, 0.4) is 0 Å². The summed E-state index contributed by atoms with van der Waals surface area (Å²) >= 11 is 0. The highest BCUT2D eigenvalue weighted by molar-refractivity contribution is 5.66. The van der Waals surface area contributed by atoms with Crippen molar-refractivity contribution in [3.63, 3.8) is 0 Å². The Labute approximate surface area is 156 Å². The summed E-state index contributed by atoms with van der Waals surface area (Å²) in [6.45, 7) is 14.6. The maximum atomic E-state index is 11.1. The second-order valence-corrected chi connectivity index (χ2v) is 6.50. The van der Waals surface area contributed by atoms with Crippen LogP contribution in [-0.4, -0.2) is 19.2 Å². The molecule has 1 unspecified atom stereocenters. The third kappa shape index (κ3) is 18.7. The molecule has 0 bridgehead atoms. The van der Waals surface area contributed by atoms with Gasteiger partial charge in [-0.15, -0.1) is 0 Å². The number of carbonyl (C=O) groups is 1. The summed E-state index contributed by atoms with van der Waals surface area (Å²) in [4.78, 5) is 11.1. The Kier molecular flexibility index (Phi) is 17.8. The van der Waals surface area contributed by atoms with Gasteiger partial charge in [0.25, 0.3) is 0 Å². The Morgan fingerprint density at radius 2 is 1.40 bits per heavy atom. The smallest absolute Gasteiger partial charge is 0.407 e. The molecule has 0 aliphatic rings. The number of hydrogen-bond donors (Lipinski definition) is 1. The highest BCUT2D eigenvalue weighted by atomic mass is 16.6. The summed E-state index contributed by atoms with van der Waals surface area (Å²) in [7, 11) is 1.58. The fourth-order valence-electron chi connectivity index (χ4n) is 2.20. The Bertz CT molecular complexity index is 429. The molecule has 0 aliphatic carbocycles. The Morgan fingerprint density at radius 3 is 1.88 bits per heavy atom. The maximum Gasteiger partial charge on any atom is 0.407 e. The lowest BCUT2D eigenvalue weighted by Gasteiger charge is -2.11. The average molecular weight is 352 g/mol. The van der Waals surface area contributed by atoms with Crippen molar-refractivity contribution < 1.29 is 9.53 Å². The van der Waals surface area contributed by atoms with Crippen LogP contribution < -0.4 is 5.32 Å². The second kappa shape index (κ2) is 17.3. The topological polar surface area (TPSA) is 38.3 Å². The van der Waals surface area contributed by atoms with Gasteiger partial charge < -0.3 is 10.1 Å². The van der Waals surface area contributed by atoms with E-state index in [1.165, 1.54) is 16.7 Å². The van der Waals surface area contributed by atoms with Gasteiger partial charge in [-0.25, -0.2) is 4.79 Å². The number of carbonyl (C=O) groups excluding carboxylic acids is 1. The minimum Gasteiger partial charge on any atom is -0.447 e. The zero-order chi connectivity index (χ0) is 19.7. The van der Waals surface area contributed by atoms with Crippen LogP contribution in [0.5, 0.6) is 0 Å². The van der Waals surface area contributed by atoms with Gasteiger partial charge in [0, 0.05) is 7.05 Å². The van der Waals surface area contributed by atoms with Crippen LogP contribution in [0, 0.1) is 0 Å². The first kappa shape index (κ1) is 25.7. The molecule has 0 aromatic heterocycles. The number of hydrogen-bond acceptors (Lipinski definition) is 2. The summed E-state index contributed by atoms with van der Waals surface area (Å²) in [5.41, 5.74) is 4.28. The molecule has 146 valence electrons. The van der Waals surface area contributed by atoms with Crippen LogP contribution in [0.1, 0.15) is 87.0 Å². The van der Waals surface area contributed by atoms with Crippen LogP contribution in [0.15, 0.2) is 34.9 Å². The van der Waals surface area contributed by atoms with E-state index in [9.17, 15) is 4.79 Å². The summed E-state index contributed by atoms with van der Waals surface area (Å²) in [5, 5.41) is 2.47. The molecular formula is C22H41NO2. The van der Waals surface area contributed by atoms with Gasteiger partial charge in [0.1, 0.15) is 6.10 Å². The fourth-order valence-corrected chi connectivity index (χ4v) is 2.20. The highest BCUT2D eigenvalue weighted by Gasteiger charge is 2.05. The lowest BCUT2D eigenvalue weighted by molar-refractivity contribution is 0.105. The molecule has 0 spiro atoms. The number of alkyl carbamates (subject to hydrolysis) is 1. The third-order valence-electron chi connectivity index (χ3n) is 3.70. The molecule has 0 saturated heterocycles. The lowest BCUT2D eigenvalue weighted by Crippen LogP contribution is -2.24. The van der Waals surface area contributed by atoms with E-state index in [4.69, 9.17) is 4.74 Å². The lowest BCUT2D eigenvalue weighted by atomic mass is 10.1. The molecule has 3 nitrogen and oxygen atoms in total. The summed E-state index contributed by atoms with van der Waals surface area (Å²) in [6, 6.07) is 0. The first-order valence-corrected chi connectivity index (χ1v) is 9.68. The van der Waals surface area contributed by atoms with Gasteiger partial charge >= 0.3 is 6.09 Å². The molecule has 0 rings (SSSR count). The van der Waals surface area contributed by atoms with E-state index in [1.54, 1.807) is 7.05 Å². The van der Waals surface area contributed by atoms with Crippen LogP contribution in [0.4, 0.5) is 4.79 Å². The van der Waals surface area contributed by atoms with E-state index in [0.29, 0.717) is 0 Å². The van der Waals surface area contributed by atoms with Crippen molar-refractivity contribution in [3.8, 4) is 0 Å². The normalized spacial score (nSPS) is 12.6.